The Morgan fingerprint density at radius 3 is 2.23 bits per heavy atom. The summed E-state index contributed by atoms with van der Waals surface area (Å²) in [6.45, 7) is 1.84. The van der Waals surface area contributed by atoms with Gasteiger partial charge in [-0.15, -0.1) is 0 Å². The van der Waals surface area contributed by atoms with Crippen molar-refractivity contribution in [2.45, 2.75) is 57.8 Å². The van der Waals surface area contributed by atoms with E-state index in [9.17, 15) is 4.79 Å². The van der Waals surface area contributed by atoms with Gasteiger partial charge in [0, 0.05) is 49.8 Å². The lowest BCUT2D eigenvalue weighted by molar-refractivity contribution is 0.206. The number of aromatic nitrogens is 1. The van der Waals surface area contributed by atoms with E-state index in [1.54, 1.807) is 24.4 Å². The summed E-state index contributed by atoms with van der Waals surface area (Å²) in [6, 6.07) is 29.0. The lowest BCUT2D eigenvalue weighted by Gasteiger charge is -2.24. The Morgan fingerprint density at radius 2 is 1.55 bits per heavy atom. The third-order valence-corrected chi connectivity index (χ3v) is 7.52. The number of carbonyl (C=O) groups is 1. The summed E-state index contributed by atoms with van der Waals surface area (Å²) in [5, 5.41) is 6.73. The van der Waals surface area contributed by atoms with E-state index < -0.39 is 0 Å². The van der Waals surface area contributed by atoms with Gasteiger partial charge in [-0.25, -0.2) is 4.79 Å². The van der Waals surface area contributed by atoms with Crippen LogP contribution in [0.15, 0.2) is 97.3 Å². The quantitative estimate of drug-likeness (QED) is 0.222. The van der Waals surface area contributed by atoms with Crippen molar-refractivity contribution < 1.29 is 9.53 Å². The fourth-order valence-corrected chi connectivity index (χ4v) is 5.22. The second kappa shape index (κ2) is 13.8. The first-order chi connectivity index (χ1) is 19.7. The second-order valence-corrected chi connectivity index (χ2v) is 10.5. The number of ether oxygens (including phenoxy) is 1. The summed E-state index contributed by atoms with van der Waals surface area (Å²) in [4.78, 5) is 19.4. The van der Waals surface area contributed by atoms with Crippen LogP contribution in [-0.4, -0.2) is 29.1 Å². The Kier molecular flexibility index (Phi) is 9.43. The Hall–Kier alpha value is -4.16. The van der Waals surface area contributed by atoms with Crippen LogP contribution >= 0.6 is 0 Å². The Balaban J connectivity index is 1.24. The van der Waals surface area contributed by atoms with Crippen molar-refractivity contribution >= 4 is 11.7 Å². The topological polar surface area (TPSA) is 66.5 Å². The molecule has 1 saturated carbocycles. The lowest BCUT2D eigenvalue weighted by atomic mass is 9.95. The number of methoxy groups -OCH3 is 1. The first-order valence-electron chi connectivity index (χ1n) is 14.2. The molecule has 5 rings (SSSR count). The second-order valence-electron chi connectivity index (χ2n) is 10.5. The highest BCUT2D eigenvalue weighted by molar-refractivity contribution is 5.89. The summed E-state index contributed by atoms with van der Waals surface area (Å²) >= 11 is 0. The van der Waals surface area contributed by atoms with Gasteiger partial charge in [0.2, 0.25) is 0 Å². The highest BCUT2D eigenvalue weighted by Gasteiger charge is 2.16. The van der Waals surface area contributed by atoms with E-state index in [1.807, 2.05) is 36.4 Å². The standard InChI is InChI=1S/C34H38N4O2/c1-40-33-11-5-10-32(21-33)37-34(39)38(25-28-7-6-20-35-22-28)24-27-14-18-30(19-15-27)29-16-12-26(13-17-29)23-36-31-8-3-2-4-9-31/h5-7,10-22,31,36H,2-4,8-9,23-25H2,1H3,(H,37,39). The molecular weight excluding hydrogens is 496 g/mol. The predicted octanol–water partition coefficient (Wildman–Crippen LogP) is 7.41. The highest BCUT2D eigenvalue weighted by atomic mass is 16.5. The zero-order valence-corrected chi connectivity index (χ0v) is 23.2. The van der Waals surface area contributed by atoms with Gasteiger partial charge in [0.15, 0.2) is 0 Å². The molecular formula is C34H38N4O2. The van der Waals surface area contributed by atoms with Crippen molar-refractivity contribution in [3.63, 3.8) is 0 Å². The van der Waals surface area contributed by atoms with Crippen molar-refractivity contribution in [2.75, 3.05) is 12.4 Å². The summed E-state index contributed by atoms with van der Waals surface area (Å²) in [7, 11) is 1.61. The number of carbonyl (C=O) groups excluding carboxylic acids is 1. The summed E-state index contributed by atoms with van der Waals surface area (Å²) in [5.41, 5.74) is 6.39. The van der Waals surface area contributed by atoms with Crippen LogP contribution < -0.4 is 15.4 Å². The highest BCUT2D eigenvalue weighted by Crippen LogP contribution is 2.23. The number of hydrogen-bond acceptors (Lipinski definition) is 4. The van der Waals surface area contributed by atoms with E-state index in [0.29, 0.717) is 30.6 Å². The molecule has 0 spiro atoms. The van der Waals surface area contributed by atoms with E-state index in [4.69, 9.17) is 4.74 Å². The fourth-order valence-electron chi connectivity index (χ4n) is 5.22. The molecule has 1 aromatic heterocycles. The van der Waals surface area contributed by atoms with Crippen LogP contribution in [0.2, 0.25) is 0 Å². The van der Waals surface area contributed by atoms with Gasteiger partial charge in [0.05, 0.1) is 7.11 Å². The lowest BCUT2D eigenvalue weighted by Crippen LogP contribution is -2.34. The average molecular weight is 535 g/mol. The van der Waals surface area contributed by atoms with E-state index in [2.05, 4.69) is 64.1 Å². The number of nitrogens with zero attached hydrogens (tertiary/aromatic N) is 2. The molecule has 0 atom stereocenters. The van der Waals surface area contributed by atoms with Gasteiger partial charge < -0.3 is 20.3 Å². The Bertz CT molecular complexity index is 1350. The van der Waals surface area contributed by atoms with Crippen molar-refractivity contribution in [1.82, 2.24) is 15.2 Å². The van der Waals surface area contributed by atoms with Gasteiger partial charge in [-0.3, -0.25) is 4.98 Å². The molecule has 1 aliphatic carbocycles. The molecule has 2 amide bonds. The molecule has 1 heterocycles. The van der Waals surface area contributed by atoms with E-state index in [-0.39, 0.29) is 6.03 Å². The zero-order valence-electron chi connectivity index (χ0n) is 23.2. The van der Waals surface area contributed by atoms with Crippen molar-refractivity contribution in [2.24, 2.45) is 0 Å². The molecule has 3 aromatic carbocycles. The van der Waals surface area contributed by atoms with Crippen molar-refractivity contribution in [3.05, 3.63) is 114 Å². The maximum Gasteiger partial charge on any atom is 0.322 e. The zero-order chi connectivity index (χ0) is 27.6. The molecule has 1 aliphatic rings. The number of nitrogens with one attached hydrogen (secondary N) is 2. The molecule has 6 heteroatoms. The van der Waals surface area contributed by atoms with Gasteiger partial charge >= 0.3 is 6.03 Å². The Morgan fingerprint density at radius 1 is 0.850 bits per heavy atom. The van der Waals surface area contributed by atoms with Gasteiger partial charge in [-0.1, -0.05) is 79.9 Å². The first kappa shape index (κ1) is 27.4. The van der Waals surface area contributed by atoms with E-state index >= 15 is 0 Å². The number of hydrogen-bond donors (Lipinski definition) is 2. The maximum absolute atomic E-state index is 13.3. The molecule has 0 radical (unpaired) electrons. The minimum absolute atomic E-state index is 0.182. The SMILES string of the molecule is COc1cccc(NC(=O)N(Cc2ccc(-c3ccc(CNC4CCCCC4)cc3)cc2)Cc2cccnc2)c1. The number of rotatable bonds is 10. The maximum atomic E-state index is 13.3. The number of benzene rings is 3. The summed E-state index contributed by atoms with van der Waals surface area (Å²) in [6.07, 6.45) is 10.2. The molecule has 4 aromatic rings. The molecule has 0 bridgehead atoms. The molecule has 206 valence electrons. The van der Waals surface area contributed by atoms with Crippen LogP contribution in [-0.2, 0) is 19.6 Å². The monoisotopic (exact) mass is 534 g/mol. The molecule has 40 heavy (non-hydrogen) atoms. The van der Waals surface area contributed by atoms with Crippen LogP contribution in [0.4, 0.5) is 10.5 Å². The molecule has 0 saturated heterocycles. The van der Waals surface area contributed by atoms with Gasteiger partial charge in [0.1, 0.15) is 5.75 Å². The largest absolute Gasteiger partial charge is 0.497 e. The van der Waals surface area contributed by atoms with Crippen LogP contribution in [0, 0.1) is 0 Å². The van der Waals surface area contributed by atoms with E-state index in [0.717, 1.165) is 23.2 Å². The van der Waals surface area contributed by atoms with Crippen molar-refractivity contribution in [3.8, 4) is 16.9 Å². The summed E-state index contributed by atoms with van der Waals surface area (Å²) < 4.78 is 5.30. The Labute approximate surface area is 237 Å². The third kappa shape index (κ3) is 7.70. The minimum atomic E-state index is -0.182. The number of anilines is 1. The minimum Gasteiger partial charge on any atom is -0.497 e. The first-order valence-corrected chi connectivity index (χ1v) is 14.2. The van der Waals surface area contributed by atoms with Gasteiger partial charge in [0.25, 0.3) is 0 Å². The summed E-state index contributed by atoms with van der Waals surface area (Å²) in [5.74, 6) is 0.695. The molecule has 0 aliphatic heterocycles. The number of amides is 2. The predicted molar refractivity (Wildman–Crippen MR) is 161 cm³/mol. The average Bonchev–Trinajstić information content (AvgIpc) is 3.01. The van der Waals surface area contributed by atoms with Crippen molar-refractivity contribution in [1.29, 1.82) is 0 Å². The van der Waals surface area contributed by atoms with E-state index in [1.165, 1.54) is 43.2 Å². The van der Waals surface area contributed by atoms with Crippen LogP contribution in [0.1, 0.15) is 48.8 Å². The number of urea groups is 1. The third-order valence-electron chi connectivity index (χ3n) is 7.52. The smallest absolute Gasteiger partial charge is 0.322 e. The molecule has 0 unspecified atom stereocenters. The van der Waals surface area contributed by atoms with Gasteiger partial charge in [-0.2, -0.15) is 0 Å². The molecule has 1 fully saturated rings. The molecule has 2 N–H and O–H groups in total. The fraction of sp³-hybridized carbons (Fsp3) is 0.294. The number of pyridine rings is 1. The van der Waals surface area contributed by atoms with Crippen LogP contribution in [0.3, 0.4) is 0 Å². The molecule has 6 nitrogen and oxygen atoms in total. The normalized spacial score (nSPS) is 13.5. The van der Waals surface area contributed by atoms with Crippen LogP contribution in [0.25, 0.3) is 11.1 Å². The van der Waals surface area contributed by atoms with Crippen LogP contribution in [0.5, 0.6) is 5.75 Å². The van der Waals surface area contributed by atoms with Gasteiger partial charge in [-0.05, 0) is 58.9 Å².